The molecule has 1 aromatic heterocycles. The molecule has 0 fully saturated rings. The number of nitro groups is 1. The summed E-state index contributed by atoms with van der Waals surface area (Å²) in [5.74, 6) is -0.874. The Morgan fingerprint density at radius 2 is 2.29 bits per heavy atom. The minimum atomic E-state index is -1.17. The number of ether oxygens (including phenoxy) is 1. The normalized spacial score (nSPS) is 10.3. The van der Waals surface area contributed by atoms with Crippen molar-refractivity contribution in [2.24, 2.45) is 0 Å². The molecule has 0 aliphatic heterocycles. The Bertz CT molecular complexity index is 687. The van der Waals surface area contributed by atoms with Crippen molar-refractivity contribution < 1.29 is 19.6 Å². The molecule has 110 valence electrons. The van der Waals surface area contributed by atoms with Crippen LogP contribution in [0.2, 0.25) is 5.02 Å². The third kappa shape index (κ3) is 3.66. The van der Waals surface area contributed by atoms with Gasteiger partial charge in [0.25, 0.3) is 5.69 Å². The number of nitro benzene ring substituents is 1. The van der Waals surface area contributed by atoms with E-state index in [0.717, 1.165) is 0 Å². The summed E-state index contributed by atoms with van der Waals surface area (Å²) in [6.45, 7) is 0.410. The van der Waals surface area contributed by atoms with Crippen LogP contribution in [0.1, 0.15) is 10.5 Å². The van der Waals surface area contributed by atoms with Crippen LogP contribution in [0, 0.1) is 10.1 Å². The summed E-state index contributed by atoms with van der Waals surface area (Å²) in [5, 5.41) is 26.4. The van der Waals surface area contributed by atoms with E-state index in [9.17, 15) is 14.9 Å². The van der Waals surface area contributed by atoms with Gasteiger partial charge in [-0.05, 0) is 6.07 Å². The van der Waals surface area contributed by atoms with Crippen molar-refractivity contribution in [3.63, 3.8) is 0 Å². The lowest BCUT2D eigenvalue weighted by atomic mass is 10.3. The van der Waals surface area contributed by atoms with Gasteiger partial charge in [-0.1, -0.05) is 16.8 Å². The first kappa shape index (κ1) is 14.7. The lowest BCUT2D eigenvalue weighted by Crippen LogP contribution is -2.09. The number of halogens is 1. The molecular weight excluding hydrogens is 304 g/mol. The summed E-state index contributed by atoms with van der Waals surface area (Å²) in [5.41, 5.74) is -0.293. The lowest BCUT2D eigenvalue weighted by molar-refractivity contribution is -0.384. The number of aromatic carboxylic acids is 1. The molecule has 10 heteroatoms. The van der Waals surface area contributed by atoms with E-state index in [1.54, 1.807) is 0 Å². The molecule has 1 aromatic carbocycles. The van der Waals surface area contributed by atoms with Crippen molar-refractivity contribution in [1.29, 1.82) is 0 Å². The van der Waals surface area contributed by atoms with Gasteiger partial charge in [0.15, 0.2) is 5.69 Å². The molecule has 2 rings (SSSR count). The molecule has 0 amide bonds. The molecule has 0 aliphatic rings. The van der Waals surface area contributed by atoms with Crippen molar-refractivity contribution in [3.05, 3.63) is 45.2 Å². The number of benzene rings is 1. The standard InChI is InChI=1S/C11H9ClN4O5/c12-8-5-7(16(19)20)1-2-10(8)21-4-3-15-6-9(11(17)18)13-14-15/h1-2,5-6H,3-4H2,(H,17,18). The fourth-order valence-corrected chi connectivity index (χ4v) is 1.70. The predicted octanol–water partition coefficient (Wildman–Crippen LogP) is 1.62. The molecule has 0 radical (unpaired) electrons. The van der Waals surface area contributed by atoms with Crippen LogP contribution in [-0.4, -0.2) is 37.6 Å². The van der Waals surface area contributed by atoms with Crippen LogP contribution in [-0.2, 0) is 6.54 Å². The molecule has 0 atom stereocenters. The predicted molar refractivity (Wildman–Crippen MR) is 70.6 cm³/mol. The van der Waals surface area contributed by atoms with E-state index in [2.05, 4.69) is 10.3 Å². The molecule has 0 bridgehead atoms. The third-order valence-corrected chi connectivity index (χ3v) is 2.76. The fraction of sp³-hybridized carbons (Fsp3) is 0.182. The summed E-state index contributed by atoms with van der Waals surface area (Å²) in [7, 11) is 0. The van der Waals surface area contributed by atoms with Gasteiger partial charge < -0.3 is 9.84 Å². The van der Waals surface area contributed by atoms with Crippen LogP contribution in [0.15, 0.2) is 24.4 Å². The van der Waals surface area contributed by atoms with Gasteiger partial charge in [0.05, 0.1) is 22.7 Å². The molecule has 1 N–H and O–H groups in total. The summed E-state index contributed by atoms with van der Waals surface area (Å²) in [4.78, 5) is 20.6. The summed E-state index contributed by atoms with van der Waals surface area (Å²) >= 11 is 5.86. The van der Waals surface area contributed by atoms with Gasteiger partial charge in [0.2, 0.25) is 0 Å². The largest absolute Gasteiger partial charge is 0.490 e. The first-order chi connectivity index (χ1) is 9.97. The van der Waals surface area contributed by atoms with Crippen LogP contribution >= 0.6 is 11.6 Å². The van der Waals surface area contributed by atoms with E-state index in [1.807, 2.05) is 0 Å². The van der Waals surface area contributed by atoms with Crippen molar-refractivity contribution >= 4 is 23.3 Å². The number of nitrogens with zero attached hydrogens (tertiary/aromatic N) is 4. The van der Waals surface area contributed by atoms with Gasteiger partial charge in [-0.2, -0.15) is 0 Å². The number of hydrogen-bond acceptors (Lipinski definition) is 6. The Balaban J connectivity index is 1.93. The zero-order valence-electron chi connectivity index (χ0n) is 10.5. The maximum absolute atomic E-state index is 10.6. The fourth-order valence-electron chi connectivity index (χ4n) is 1.48. The second-order valence-electron chi connectivity index (χ2n) is 3.89. The molecule has 0 aliphatic carbocycles. The van der Waals surface area contributed by atoms with Crippen molar-refractivity contribution in [3.8, 4) is 5.75 Å². The second kappa shape index (κ2) is 6.18. The minimum absolute atomic E-state index is 0.119. The highest BCUT2D eigenvalue weighted by molar-refractivity contribution is 6.32. The van der Waals surface area contributed by atoms with Gasteiger partial charge in [-0.25, -0.2) is 9.48 Å². The van der Waals surface area contributed by atoms with Gasteiger partial charge in [0, 0.05) is 12.1 Å². The average molecular weight is 313 g/mol. The van der Waals surface area contributed by atoms with Gasteiger partial charge in [-0.15, -0.1) is 5.10 Å². The zero-order chi connectivity index (χ0) is 15.4. The monoisotopic (exact) mass is 312 g/mol. The first-order valence-corrected chi connectivity index (χ1v) is 6.05. The molecule has 1 heterocycles. The summed E-state index contributed by atoms with van der Waals surface area (Å²) in [6.07, 6.45) is 1.27. The van der Waals surface area contributed by atoms with Crippen LogP contribution in [0.5, 0.6) is 5.75 Å². The summed E-state index contributed by atoms with van der Waals surface area (Å²) < 4.78 is 6.66. The van der Waals surface area contributed by atoms with Crippen molar-refractivity contribution in [1.82, 2.24) is 15.0 Å². The van der Waals surface area contributed by atoms with Gasteiger partial charge in [-0.3, -0.25) is 10.1 Å². The highest BCUT2D eigenvalue weighted by Gasteiger charge is 2.11. The van der Waals surface area contributed by atoms with Gasteiger partial charge >= 0.3 is 5.97 Å². The van der Waals surface area contributed by atoms with E-state index in [0.29, 0.717) is 5.75 Å². The Labute approximate surface area is 122 Å². The van der Waals surface area contributed by atoms with E-state index >= 15 is 0 Å². The van der Waals surface area contributed by atoms with E-state index in [4.69, 9.17) is 21.4 Å². The highest BCUT2D eigenvalue weighted by Crippen LogP contribution is 2.28. The number of carbonyl (C=O) groups is 1. The average Bonchev–Trinajstić information content (AvgIpc) is 2.89. The van der Waals surface area contributed by atoms with Crippen LogP contribution < -0.4 is 4.74 Å². The highest BCUT2D eigenvalue weighted by atomic mass is 35.5. The number of carboxylic acids is 1. The van der Waals surface area contributed by atoms with E-state index in [1.165, 1.54) is 29.1 Å². The van der Waals surface area contributed by atoms with E-state index < -0.39 is 10.9 Å². The molecule has 0 saturated heterocycles. The zero-order valence-corrected chi connectivity index (χ0v) is 11.2. The van der Waals surface area contributed by atoms with E-state index in [-0.39, 0.29) is 29.6 Å². The maximum atomic E-state index is 10.6. The Morgan fingerprint density at radius 3 is 2.86 bits per heavy atom. The first-order valence-electron chi connectivity index (χ1n) is 5.67. The SMILES string of the molecule is O=C(O)c1cn(CCOc2ccc([N+](=O)[O-])cc2Cl)nn1. The topological polar surface area (TPSA) is 120 Å². The van der Waals surface area contributed by atoms with Crippen molar-refractivity contribution in [2.75, 3.05) is 6.61 Å². The molecular formula is C11H9ClN4O5. The Hall–Kier alpha value is -2.68. The molecule has 21 heavy (non-hydrogen) atoms. The number of non-ortho nitro benzene ring substituents is 1. The third-order valence-electron chi connectivity index (χ3n) is 2.46. The Kier molecular flexibility index (Phi) is 4.33. The van der Waals surface area contributed by atoms with Crippen LogP contribution in [0.3, 0.4) is 0 Å². The molecule has 0 saturated carbocycles. The smallest absolute Gasteiger partial charge is 0.358 e. The van der Waals surface area contributed by atoms with Crippen LogP contribution in [0.25, 0.3) is 0 Å². The molecule has 0 unspecified atom stereocenters. The number of rotatable bonds is 6. The summed E-state index contributed by atoms with van der Waals surface area (Å²) in [6, 6.07) is 3.86. The number of carboxylic acid groups (broad SMARTS) is 1. The second-order valence-corrected chi connectivity index (χ2v) is 4.30. The Morgan fingerprint density at radius 1 is 1.52 bits per heavy atom. The number of aromatic nitrogens is 3. The maximum Gasteiger partial charge on any atom is 0.358 e. The quantitative estimate of drug-likeness (QED) is 0.635. The number of hydrogen-bond donors (Lipinski definition) is 1. The molecule has 0 spiro atoms. The lowest BCUT2D eigenvalue weighted by Gasteiger charge is -2.07. The van der Waals surface area contributed by atoms with Gasteiger partial charge in [0.1, 0.15) is 12.4 Å². The van der Waals surface area contributed by atoms with Crippen LogP contribution in [0.4, 0.5) is 5.69 Å². The van der Waals surface area contributed by atoms with Crippen molar-refractivity contribution in [2.45, 2.75) is 6.54 Å². The molecule has 9 nitrogen and oxygen atoms in total. The minimum Gasteiger partial charge on any atom is -0.490 e. The molecule has 2 aromatic rings.